The summed E-state index contributed by atoms with van der Waals surface area (Å²) in [6, 6.07) is 12.3. The van der Waals surface area contributed by atoms with Gasteiger partial charge in [-0.25, -0.2) is 0 Å². The fourth-order valence-electron chi connectivity index (χ4n) is 2.48. The van der Waals surface area contributed by atoms with Crippen molar-refractivity contribution in [2.75, 3.05) is 0 Å². The number of hydrogen-bond donors (Lipinski definition) is 0. The second kappa shape index (κ2) is 6.25. The Labute approximate surface area is 128 Å². The van der Waals surface area contributed by atoms with Crippen LogP contribution < -0.4 is 0 Å². The maximum atomic E-state index is 10.00. The molecule has 0 N–H and O–H groups in total. The molecule has 0 saturated heterocycles. The minimum Gasteiger partial charge on any atom is -0.396 e. The van der Waals surface area contributed by atoms with Crippen molar-refractivity contribution in [2.24, 2.45) is 5.92 Å². The van der Waals surface area contributed by atoms with Gasteiger partial charge in [0.25, 0.3) is 0 Å². The highest BCUT2D eigenvalue weighted by Gasteiger charge is 2.43. The first kappa shape index (κ1) is 15.5. The largest absolute Gasteiger partial charge is 0.396 e. The number of nitrogens with zero attached hydrogens (tertiary/aromatic N) is 1. The molecule has 0 heterocycles. The predicted octanol–water partition coefficient (Wildman–Crippen LogP) is 4.56. The second-order valence-electron chi connectivity index (χ2n) is 6.11. The third-order valence-corrected chi connectivity index (χ3v) is 4.21. The maximum absolute atomic E-state index is 10.00. The number of rotatable bonds is 4. The molecule has 1 atom stereocenters. The van der Waals surface area contributed by atoms with Crippen molar-refractivity contribution in [3.05, 3.63) is 72.4 Å². The van der Waals surface area contributed by atoms with E-state index in [2.05, 4.69) is 25.7 Å². The lowest BCUT2D eigenvalue weighted by molar-refractivity contribution is 0.0915. The zero-order valence-corrected chi connectivity index (χ0v) is 13.8. The standard InChI is InChI=1S/C18H21NOSi/c1-21(2,3)20-18(15-19,17-13-9-6-10-14-17)16-11-7-4-5-8-12-16/h4-14,16H,1-3H3. The van der Waals surface area contributed by atoms with Gasteiger partial charge in [-0.3, -0.25) is 0 Å². The van der Waals surface area contributed by atoms with Gasteiger partial charge in [0.2, 0.25) is 0 Å². The Kier molecular flexibility index (Phi) is 4.61. The Morgan fingerprint density at radius 1 is 1.00 bits per heavy atom. The summed E-state index contributed by atoms with van der Waals surface area (Å²) in [4.78, 5) is 0. The lowest BCUT2D eigenvalue weighted by atomic mass is 9.82. The summed E-state index contributed by atoms with van der Waals surface area (Å²) < 4.78 is 6.40. The Morgan fingerprint density at radius 2 is 1.57 bits per heavy atom. The SMILES string of the molecule is C[Si](C)(C)OC(C#N)(c1ccccc1)C1C=CC=CC=C1. The molecule has 1 aromatic carbocycles. The fraction of sp³-hybridized carbons (Fsp3) is 0.278. The van der Waals surface area contributed by atoms with Crippen molar-refractivity contribution in [3.63, 3.8) is 0 Å². The summed E-state index contributed by atoms with van der Waals surface area (Å²) in [5.41, 5.74) is -0.0544. The number of hydrogen-bond acceptors (Lipinski definition) is 2. The topological polar surface area (TPSA) is 33.0 Å². The summed E-state index contributed by atoms with van der Waals surface area (Å²) in [6.07, 6.45) is 12.0. The Bertz CT molecular complexity index is 588. The summed E-state index contributed by atoms with van der Waals surface area (Å²) in [6.45, 7) is 6.35. The first-order valence-corrected chi connectivity index (χ1v) is 10.6. The zero-order valence-electron chi connectivity index (χ0n) is 12.8. The lowest BCUT2D eigenvalue weighted by Crippen LogP contribution is -2.44. The van der Waals surface area contributed by atoms with Crippen LogP contribution in [0.3, 0.4) is 0 Å². The molecule has 2 rings (SSSR count). The van der Waals surface area contributed by atoms with Gasteiger partial charge >= 0.3 is 0 Å². The lowest BCUT2D eigenvalue weighted by Gasteiger charge is -2.37. The van der Waals surface area contributed by atoms with E-state index in [-0.39, 0.29) is 5.92 Å². The van der Waals surface area contributed by atoms with Crippen LogP contribution in [0, 0.1) is 17.2 Å². The third kappa shape index (κ3) is 3.60. The van der Waals surface area contributed by atoms with E-state index in [1.165, 1.54) is 0 Å². The van der Waals surface area contributed by atoms with Gasteiger partial charge in [-0.1, -0.05) is 66.8 Å². The van der Waals surface area contributed by atoms with Crippen LogP contribution in [0.25, 0.3) is 0 Å². The van der Waals surface area contributed by atoms with E-state index in [4.69, 9.17) is 4.43 Å². The quantitative estimate of drug-likeness (QED) is 0.763. The molecule has 1 aliphatic rings. The Balaban J connectivity index is 2.55. The second-order valence-corrected chi connectivity index (χ2v) is 10.5. The molecular weight excluding hydrogens is 274 g/mol. The van der Waals surface area contributed by atoms with Crippen LogP contribution in [-0.4, -0.2) is 8.32 Å². The molecule has 0 aliphatic heterocycles. The molecule has 1 aliphatic carbocycles. The average Bonchev–Trinajstić information content (AvgIpc) is 2.74. The molecule has 0 fully saturated rings. The Hall–Kier alpha value is -1.89. The molecule has 3 heteroatoms. The first-order chi connectivity index (χ1) is 9.98. The predicted molar refractivity (Wildman–Crippen MR) is 89.1 cm³/mol. The van der Waals surface area contributed by atoms with E-state index in [0.29, 0.717) is 0 Å². The molecule has 0 bridgehead atoms. The normalized spacial score (nSPS) is 18.0. The maximum Gasteiger partial charge on any atom is 0.186 e. The molecule has 21 heavy (non-hydrogen) atoms. The van der Waals surface area contributed by atoms with Crippen LogP contribution in [0.1, 0.15) is 5.56 Å². The van der Waals surface area contributed by atoms with Crippen LogP contribution in [0.15, 0.2) is 66.8 Å². The van der Waals surface area contributed by atoms with Crippen LogP contribution in [0.5, 0.6) is 0 Å². The molecule has 0 aromatic heterocycles. The summed E-state index contributed by atoms with van der Waals surface area (Å²) in [5.74, 6) is -0.105. The van der Waals surface area contributed by atoms with Crippen molar-refractivity contribution in [3.8, 4) is 6.07 Å². The van der Waals surface area contributed by atoms with Crippen molar-refractivity contribution in [1.82, 2.24) is 0 Å². The summed E-state index contributed by atoms with van der Waals surface area (Å²) in [5, 5.41) is 10.00. The van der Waals surface area contributed by atoms with Gasteiger partial charge in [-0.2, -0.15) is 5.26 Å². The van der Waals surface area contributed by atoms with E-state index in [1.54, 1.807) is 0 Å². The van der Waals surface area contributed by atoms with Crippen molar-refractivity contribution >= 4 is 8.32 Å². The van der Waals surface area contributed by atoms with E-state index in [0.717, 1.165) is 5.56 Å². The minimum atomic E-state index is -1.91. The van der Waals surface area contributed by atoms with E-state index in [9.17, 15) is 5.26 Å². The van der Waals surface area contributed by atoms with Gasteiger partial charge in [0, 0.05) is 5.92 Å². The van der Waals surface area contributed by atoms with Gasteiger partial charge in [0.1, 0.15) is 6.07 Å². The molecule has 0 saturated carbocycles. The average molecular weight is 295 g/mol. The van der Waals surface area contributed by atoms with Crippen LogP contribution in [0.2, 0.25) is 19.6 Å². The summed E-state index contributed by atoms with van der Waals surface area (Å²) >= 11 is 0. The van der Waals surface area contributed by atoms with Gasteiger partial charge < -0.3 is 4.43 Å². The molecule has 0 spiro atoms. The van der Waals surface area contributed by atoms with Crippen molar-refractivity contribution < 1.29 is 4.43 Å². The third-order valence-electron chi connectivity index (χ3n) is 3.28. The highest BCUT2D eigenvalue weighted by molar-refractivity contribution is 6.69. The molecule has 2 nitrogen and oxygen atoms in total. The molecule has 0 amide bonds. The highest BCUT2D eigenvalue weighted by atomic mass is 28.4. The van der Waals surface area contributed by atoms with Gasteiger partial charge in [0.05, 0.1) is 0 Å². The molecule has 1 unspecified atom stereocenters. The fourth-order valence-corrected chi connectivity index (χ4v) is 3.75. The molecule has 108 valence electrons. The summed E-state index contributed by atoms with van der Waals surface area (Å²) in [7, 11) is -1.91. The monoisotopic (exact) mass is 295 g/mol. The number of nitriles is 1. The van der Waals surface area contributed by atoms with Crippen LogP contribution in [0.4, 0.5) is 0 Å². The molecular formula is C18H21NOSi. The molecule has 0 radical (unpaired) electrons. The number of benzene rings is 1. The van der Waals surface area contributed by atoms with E-state index < -0.39 is 13.9 Å². The Morgan fingerprint density at radius 3 is 2.05 bits per heavy atom. The van der Waals surface area contributed by atoms with Gasteiger partial charge in [0.15, 0.2) is 13.9 Å². The minimum absolute atomic E-state index is 0.105. The molecule has 1 aromatic rings. The van der Waals surface area contributed by atoms with Gasteiger partial charge in [-0.15, -0.1) is 0 Å². The number of allylic oxidation sites excluding steroid dienone is 4. The van der Waals surface area contributed by atoms with E-state index in [1.807, 2.05) is 66.8 Å². The van der Waals surface area contributed by atoms with Crippen molar-refractivity contribution in [1.29, 1.82) is 5.26 Å². The zero-order chi connectivity index (χ0) is 15.3. The van der Waals surface area contributed by atoms with Crippen molar-refractivity contribution in [2.45, 2.75) is 25.2 Å². The smallest absolute Gasteiger partial charge is 0.186 e. The highest BCUT2D eigenvalue weighted by Crippen LogP contribution is 2.38. The van der Waals surface area contributed by atoms with E-state index >= 15 is 0 Å². The first-order valence-electron chi connectivity index (χ1n) is 7.16. The van der Waals surface area contributed by atoms with Crippen LogP contribution in [-0.2, 0) is 10.0 Å². The van der Waals surface area contributed by atoms with Gasteiger partial charge in [-0.05, 0) is 25.2 Å². The van der Waals surface area contributed by atoms with Crippen LogP contribution >= 0.6 is 0 Å².